The minimum Gasteiger partial charge on any atom is -0.309 e. The first-order valence-electron chi connectivity index (χ1n) is 16.2. The maximum Gasteiger partial charge on any atom is 0.172 e. The molecular formula is C45H30NOP. The third-order valence-corrected chi connectivity index (χ3v) is 12.6. The summed E-state index contributed by atoms with van der Waals surface area (Å²) in [5.74, 6) is 0. The van der Waals surface area contributed by atoms with Gasteiger partial charge >= 0.3 is 0 Å². The lowest BCUT2D eigenvalue weighted by molar-refractivity contribution is 0.592. The van der Waals surface area contributed by atoms with Gasteiger partial charge in [0.15, 0.2) is 7.14 Å². The Bertz CT molecular complexity index is 2630. The van der Waals surface area contributed by atoms with Gasteiger partial charge in [0.1, 0.15) is 0 Å². The fourth-order valence-electron chi connectivity index (χ4n) is 7.46. The fraction of sp³-hybridized carbons (Fsp3) is 0. The molecule has 0 N–H and O–H groups in total. The van der Waals surface area contributed by atoms with E-state index in [2.05, 4.69) is 109 Å². The quantitative estimate of drug-likeness (QED) is 0.107. The number of nitrogens with zero attached hydrogens (tertiary/aromatic N) is 1. The van der Waals surface area contributed by atoms with E-state index >= 15 is 4.57 Å². The van der Waals surface area contributed by atoms with Crippen molar-refractivity contribution in [2.45, 2.75) is 0 Å². The Morgan fingerprint density at radius 1 is 0.354 bits per heavy atom. The minimum absolute atomic E-state index is 0.716. The first-order valence-corrected chi connectivity index (χ1v) is 18.0. The molecule has 0 bridgehead atoms. The average Bonchev–Trinajstić information content (AvgIpc) is 3.18. The Morgan fingerprint density at radius 3 is 1.27 bits per heavy atom. The lowest BCUT2D eigenvalue weighted by Crippen LogP contribution is -2.25. The highest BCUT2D eigenvalue weighted by atomic mass is 31.2. The van der Waals surface area contributed by atoms with Gasteiger partial charge in [-0.25, -0.2) is 0 Å². The van der Waals surface area contributed by atoms with Crippen LogP contribution in [0.5, 0.6) is 0 Å². The van der Waals surface area contributed by atoms with Crippen molar-refractivity contribution in [2.75, 3.05) is 0 Å². The van der Waals surface area contributed by atoms with Crippen molar-refractivity contribution in [3.05, 3.63) is 182 Å². The summed E-state index contributed by atoms with van der Waals surface area (Å²) in [6.07, 6.45) is 1.84. The Morgan fingerprint density at radius 2 is 0.771 bits per heavy atom. The molecule has 0 aliphatic rings. The van der Waals surface area contributed by atoms with Crippen molar-refractivity contribution in [1.82, 2.24) is 4.98 Å². The summed E-state index contributed by atoms with van der Waals surface area (Å²) in [5.41, 5.74) is 4.34. The summed E-state index contributed by atoms with van der Waals surface area (Å²) in [7, 11) is -3.17. The van der Waals surface area contributed by atoms with Crippen LogP contribution in [0.3, 0.4) is 0 Å². The zero-order valence-corrected chi connectivity index (χ0v) is 27.0. The second-order valence-electron chi connectivity index (χ2n) is 12.2. The molecule has 0 aliphatic carbocycles. The van der Waals surface area contributed by atoms with Gasteiger partial charge in [0.05, 0.1) is 5.69 Å². The van der Waals surface area contributed by atoms with Gasteiger partial charge in [-0.1, -0.05) is 164 Å². The van der Waals surface area contributed by atoms with Gasteiger partial charge in [-0.05, 0) is 61.0 Å². The van der Waals surface area contributed by atoms with Gasteiger partial charge in [0.25, 0.3) is 0 Å². The molecule has 9 aromatic rings. The third kappa shape index (κ3) is 4.34. The Labute approximate surface area is 279 Å². The van der Waals surface area contributed by atoms with E-state index in [0.29, 0.717) is 5.30 Å². The van der Waals surface area contributed by atoms with Crippen LogP contribution in [0.15, 0.2) is 182 Å². The van der Waals surface area contributed by atoms with E-state index in [1.807, 2.05) is 72.9 Å². The molecule has 0 aliphatic heterocycles. The summed E-state index contributed by atoms with van der Waals surface area (Å²) < 4.78 is 15.2. The van der Waals surface area contributed by atoms with E-state index in [1.54, 1.807) is 0 Å². The molecule has 3 heteroatoms. The zero-order valence-electron chi connectivity index (χ0n) is 26.1. The van der Waals surface area contributed by atoms with Gasteiger partial charge in [-0.3, -0.25) is 4.98 Å². The molecule has 8 aromatic carbocycles. The molecule has 0 saturated heterocycles. The predicted molar refractivity (Wildman–Crippen MR) is 205 cm³/mol. The van der Waals surface area contributed by atoms with E-state index in [0.717, 1.165) is 27.3 Å². The number of hydrogen-bond donors (Lipinski definition) is 0. The SMILES string of the molecule is O=P(c1ccccc1)(c1ccccc1)c1ccc(-c2c3ccccc3c(-c3ccccc3)c3c4ccccc4c4ccccc4c23)nc1. The van der Waals surface area contributed by atoms with Crippen LogP contribution in [0.25, 0.3) is 65.5 Å². The molecule has 0 atom stereocenters. The Balaban J connectivity index is 1.40. The highest BCUT2D eigenvalue weighted by molar-refractivity contribution is 7.85. The molecule has 0 saturated carbocycles. The second kappa shape index (κ2) is 11.5. The Hall–Kier alpha value is -5.82. The lowest BCUT2D eigenvalue weighted by atomic mass is 9.82. The highest BCUT2D eigenvalue weighted by Gasteiger charge is 2.30. The molecule has 0 amide bonds. The first-order chi connectivity index (χ1) is 23.7. The number of benzene rings is 8. The summed E-state index contributed by atoms with van der Waals surface area (Å²) >= 11 is 0. The second-order valence-corrected chi connectivity index (χ2v) is 15.0. The van der Waals surface area contributed by atoms with Crippen LogP contribution in [-0.4, -0.2) is 4.98 Å². The number of rotatable bonds is 5. The maximum absolute atomic E-state index is 15.2. The van der Waals surface area contributed by atoms with Gasteiger partial charge < -0.3 is 4.57 Å². The van der Waals surface area contributed by atoms with Crippen molar-refractivity contribution in [3.63, 3.8) is 0 Å². The molecule has 0 fully saturated rings. The molecule has 2 nitrogen and oxygen atoms in total. The molecule has 9 rings (SSSR count). The predicted octanol–water partition coefficient (Wildman–Crippen LogP) is 10.7. The summed E-state index contributed by atoms with van der Waals surface area (Å²) in [6.45, 7) is 0. The standard InChI is InChI=1S/C45H30NOP/c47-48(32-18-6-2-7-19-32,33-20-8-3-9-21-33)34-28-29-41(46-30-34)43-40-27-15-14-26-39(40)42(31-16-4-1-5-17-31)44-37-24-12-10-22-35(37)36-23-11-13-25-38(36)45(43)44/h1-30H. The Kier molecular flexibility index (Phi) is 6.78. The van der Waals surface area contributed by atoms with Crippen LogP contribution in [0.2, 0.25) is 0 Å². The monoisotopic (exact) mass is 631 g/mol. The molecule has 0 unspecified atom stereocenters. The molecule has 0 spiro atoms. The van der Waals surface area contributed by atoms with E-state index in [-0.39, 0.29) is 0 Å². The van der Waals surface area contributed by atoms with Crippen LogP contribution < -0.4 is 15.9 Å². The molecular weight excluding hydrogens is 601 g/mol. The first kappa shape index (κ1) is 28.4. The summed E-state index contributed by atoms with van der Waals surface area (Å²) in [5, 5.41) is 11.9. The smallest absolute Gasteiger partial charge is 0.172 e. The normalized spacial score (nSPS) is 11.8. The average molecular weight is 632 g/mol. The molecule has 226 valence electrons. The van der Waals surface area contributed by atoms with Crippen molar-refractivity contribution in [1.29, 1.82) is 0 Å². The number of fused-ring (bicyclic) bond motifs is 7. The molecule has 1 aromatic heterocycles. The number of hydrogen-bond acceptors (Lipinski definition) is 2. The van der Waals surface area contributed by atoms with E-state index < -0.39 is 7.14 Å². The van der Waals surface area contributed by atoms with Gasteiger partial charge in [-0.15, -0.1) is 0 Å². The van der Waals surface area contributed by atoms with E-state index in [4.69, 9.17) is 4.98 Å². The van der Waals surface area contributed by atoms with Crippen LogP contribution in [0.1, 0.15) is 0 Å². The maximum atomic E-state index is 15.2. The van der Waals surface area contributed by atoms with Crippen molar-refractivity contribution >= 4 is 66.1 Å². The van der Waals surface area contributed by atoms with Crippen molar-refractivity contribution in [3.8, 4) is 22.4 Å². The zero-order chi connectivity index (χ0) is 32.1. The minimum atomic E-state index is -3.17. The third-order valence-electron chi connectivity index (χ3n) is 9.57. The summed E-state index contributed by atoms with van der Waals surface area (Å²) in [4.78, 5) is 5.18. The number of pyridine rings is 1. The highest BCUT2D eigenvalue weighted by Crippen LogP contribution is 2.49. The number of aromatic nitrogens is 1. The van der Waals surface area contributed by atoms with Gasteiger partial charge in [0.2, 0.25) is 0 Å². The molecule has 1 heterocycles. The van der Waals surface area contributed by atoms with Crippen LogP contribution >= 0.6 is 7.14 Å². The van der Waals surface area contributed by atoms with Crippen molar-refractivity contribution in [2.24, 2.45) is 0 Å². The fourth-order valence-corrected chi connectivity index (χ4v) is 10.0. The summed E-state index contributed by atoms with van der Waals surface area (Å²) in [6, 6.07) is 60.6. The topological polar surface area (TPSA) is 30.0 Å². The van der Waals surface area contributed by atoms with E-state index in [9.17, 15) is 0 Å². The molecule has 0 radical (unpaired) electrons. The van der Waals surface area contributed by atoms with Crippen LogP contribution in [0.4, 0.5) is 0 Å². The van der Waals surface area contributed by atoms with Gasteiger partial charge in [0, 0.05) is 33.1 Å². The lowest BCUT2D eigenvalue weighted by Gasteiger charge is -2.22. The van der Waals surface area contributed by atoms with Crippen LogP contribution in [0, 0.1) is 0 Å². The van der Waals surface area contributed by atoms with Crippen LogP contribution in [-0.2, 0) is 4.57 Å². The largest absolute Gasteiger partial charge is 0.309 e. The molecule has 48 heavy (non-hydrogen) atoms. The van der Waals surface area contributed by atoms with Crippen molar-refractivity contribution < 1.29 is 4.57 Å². The van der Waals surface area contributed by atoms with Gasteiger partial charge in [-0.2, -0.15) is 0 Å². The van der Waals surface area contributed by atoms with E-state index in [1.165, 1.54) is 48.8 Å².